The summed E-state index contributed by atoms with van der Waals surface area (Å²) >= 11 is 0. The first-order valence-corrected chi connectivity index (χ1v) is 10.6. The Kier molecular flexibility index (Phi) is 5.22. The molecule has 1 atom stereocenters. The standard InChI is InChI=1S/C26H21NO6/c1-2-31-19-10-6-9-17(13-19)23-22(24(28)16-7-4-3-5-8-16)25(29)26(30)27(23)18-11-12-20-21(14-18)33-15-32-20/h3-14,23,28H,2,15H2,1H3/b24-22+. The molecule has 1 fully saturated rings. The number of aliphatic hydroxyl groups is 1. The normalized spacial score (nSPS) is 18.6. The molecule has 7 heteroatoms. The number of ether oxygens (including phenoxy) is 3. The van der Waals surface area contributed by atoms with E-state index in [-0.39, 0.29) is 18.1 Å². The number of nitrogens with zero attached hydrogens (tertiary/aromatic N) is 1. The molecule has 3 aromatic carbocycles. The second-order valence-corrected chi connectivity index (χ2v) is 7.58. The lowest BCUT2D eigenvalue weighted by atomic mass is 9.95. The maximum atomic E-state index is 13.3. The fourth-order valence-corrected chi connectivity index (χ4v) is 4.14. The summed E-state index contributed by atoms with van der Waals surface area (Å²) < 4.78 is 16.5. The summed E-state index contributed by atoms with van der Waals surface area (Å²) in [7, 11) is 0. The third-order valence-corrected chi connectivity index (χ3v) is 5.61. The van der Waals surface area contributed by atoms with Crippen molar-refractivity contribution in [1.29, 1.82) is 0 Å². The van der Waals surface area contributed by atoms with Crippen molar-refractivity contribution in [2.45, 2.75) is 13.0 Å². The van der Waals surface area contributed by atoms with Crippen molar-refractivity contribution in [3.63, 3.8) is 0 Å². The van der Waals surface area contributed by atoms with Gasteiger partial charge in [-0.25, -0.2) is 0 Å². The van der Waals surface area contributed by atoms with Crippen LogP contribution in [0.4, 0.5) is 5.69 Å². The second-order valence-electron chi connectivity index (χ2n) is 7.58. The third kappa shape index (κ3) is 3.57. The van der Waals surface area contributed by atoms with Gasteiger partial charge in [0, 0.05) is 17.3 Å². The SMILES string of the molecule is CCOc1cccc(C2/C(=C(\O)c3ccccc3)C(=O)C(=O)N2c2ccc3c(c2)OCO3)c1. The van der Waals surface area contributed by atoms with Gasteiger partial charge in [0.1, 0.15) is 11.5 Å². The Balaban J connectivity index is 1.70. The van der Waals surface area contributed by atoms with Crippen LogP contribution >= 0.6 is 0 Å². The highest BCUT2D eigenvalue weighted by atomic mass is 16.7. The number of carbonyl (C=O) groups is 2. The number of anilines is 1. The molecule has 5 rings (SSSR count). The van der Waals surface area contributed by atoms with Crippen molar-refractivity contribution in [2.75, 3.05) is 18.3 Å². The minimum Gasteiger partial charge on any atom is -0.507 e. The number of aliphatic hydroxyl groups excluding tert-OH is 1. The summed E-state index contributed by atoms with van der Waals surface area (Å²) in [6, 6.07) is 20.1. The van der Waals surface area contributed by atoms with Gasteiger partial charge < -0.3 is 19.3 Å². The molecule has 1 unspecified atom stereocenters. The maximum Gasteiger partial charge on any atom is 0.300 e. The summed E-state index contributed by atoms with van der Waals surface area (Å²) in [6.45, 7) is 2.43. The highest BCUT2D eigenvalue weighted by Gasteiger charge is 2.47. The van der Waals surface area contributed by atoms with E-state index in [1.807, 2.05) is 13.0 Å². The maximum absolute atomic E-state index is 13.3. The van der Waals surface area contributed by atoms with Gasteiger partial charge in [0.05, 0.1) is 18.2 Å². The van der Waals surface area contributed by atoms with E-state index in [1.54, 1.807) is 66.7 Å². The first kappa shape index (κ1) is 20.6. The molecule has 2 aliphatic heterocycles. The van der Waals surface area contributed by atoms with E-state index in [2.05, 4.69) is 0 Å². The average molecular weight is 443 g/mol. The van der Waals surface area contributed by atoms with Gasteiger partial charge >= 0.3 is 0 Å². The average Bonchev–Trinajstić information content (AvgIpc) is 3.41. The van der Waals surface area contributed by atoms with Gasteiger partial charge in [-0.15, -0.1) is 0 Å². The number of hydrogen-bond donors (Lipinski definition) is 1. The zero-order chi connectivity index (χ0) is 22.9. The largest absolute Gasteiger partial charge is 0.507 e. The number of Topliss-reactive ketones (excluding diaryl/α,β-unsaturated/α-hetero) is 1. The Hall–Kier alpha value is -4.26. The van der Waals surface area contributed by atoms with Crippen LogP contribution in [0, 0.1) is 0 Å². The lowest BCUT2D eigenvalue weighted by Gasteiger charge is -2.26. The Bertz CT molecular complexity index is 1270. The molecular weight excluding hydrogens is 422 g/mol. The van der Waals surface area contributed by atoms with Crippen LogP contribution < -0.4 is 19.1 Å². The molecule has 33 heavy (non-hydrogen) atoms. The zero-order valence-corrected chi connectivity index (χ0v) is 17.9. The predicted octanol–water partition coefficient (Wildman–Crippen LogP) is 4.44. The van der Waals surface area contributed by atoms with Gasteiger partial charge in [-0.05, 0) is 36.8 Å². The minimum absolute atomic E-state index is 0.0116. The smallest absolute Gasteiger partial charge is 0.300 e. The van der Waals surface area contributed by atoms with E-state index in [0.717, 1.165) is 0 Å². The lowest BCUT2D eigenvalue weighted by Crippen LogP contribution is -2.29. The summed E-state index contributed by atoms with van der Waals surface area (Å²) in [5.74, 6) is -0.0808. The van der Waals surface area contributed by atoms with Crippen molar-refractivity contribution in [3.8, 4) is 17.2 Å². The third-order valence-electron chi connectivity index (χ3n) is 5.61. The summed E-state index contributed by atoms with van der Waals surface area (Å²) in [5, 5.41) is 11.1. The van der Waals surface area contributed by atoms with E-state index in [9.17, 15) is 14.7 Å². The molecule has 0 spiro atoms. The number of carbonyl (C=O) groups excluding carboxylic acids is 2. The molecule has 0 aromatic heterocycles. The first-order chi connectivity index (χ1) is 16.1. The fraction of sp³-hybridized carbons (Fsp3) is 0.154. The van der Waals surface area contributed by atoms with Crippen LogP contribution in [0.2, 0.25) is 0 Å². The van der Waals surface area contributed by atoms with E-state index < -0.39 is 17.7 Å². The van der Waals surface area contributed by atoms with E-state index in [1.165, 1.54) is 4.90 Å². The number of benzene rings is 3. The number of fused-ring (bicyclic) bond motifs is 1. The van der Waals surface area contributed by atoms with Crippen LogP contribution in [0.5, 0.6) is 17.2 Å². The molecule has 2 aliphatic rings. The van der Waals surface area contributed by atoms with Crippen molar-refractivity contribution in [2.24, 2.45) is 0 Å². The zero-order valence-electron chi connectivity index (χ0n) is 17.9. The highest BCUT2D eigenvalue weighted by molar-refractivity contribution is 6.51. The molecule has 1 saturated heterocycles. The molecule has 0 bridgehead atoms. The van der Waals surface area contributed by atoms with Crippen molar-refractivity contribution in [1.82, 2.24) is 0 Å². The molecule has 7 nitrogen and oxygen atoms in total. The predicted molar refractivity (Wildman–Crippen MR) is 121 cm³/mol. The van der Waals surface area contributed by atoms with Gasteiger partial charge in [-0.2, -0.15) is 0 Å². The molecule has 166 valence electrons. The number of ketones is 1. The highest BCUT2D eigenvalue weighted by Crippen LogP contribution is 2.45. The number of rotatable bonds is 5. The molecule has 0 radical (unpaired) electrons. The summed E-state index contributed by atoms with van der Waals surface area (Å²) in [5.41, 5.74) is 1.56. The van der Waals surface area contributed by atoms with Gasteiger partial charge in [0.15, 0.2) is 11.5 Å². The molecular formula is C26H21NO6. The van der Waals surface area contributed by atoms with Crippen LogP contribution in [0.25, 0.3) is 5.76 Å². The van der Waals surface area contributed by atoms with E-state index in [0.29, 0.717) is 40.7 Å². The van der Waals surface area contributed by atoms with Crippen molar-refractivity contribution >= 4 is 23.1 Å². The molecule has 3 aromatic rings. The van der Waals surface area contributed by atoms with Crippen molar-refractivity contribution < 1.29 is 28.9 Å². The quantitative estimate of drug-likeness (QED) is 0.357. The molecule has 0 saturated carbocycles. The molecule has 2 heterocycles. The fourth-order valence-electron chi connectivity index (χ4n) is 4.14. The van der Waals surface area contributed by atoms with E-state index >= 15 is 0 Å². The van der Waals surface area contributed by atoms with Crippen LogP contribution in [-0.4, -0.2) is 30.2 Å². The van der Waals surface area contributed by atoms with Gasteiger partial charge in [-0.1, -0.05) is 42.5 Å². The van der Waals surface area contributed by atoms with Crippen LogP contribution in [-0.2, 0) is 9.59 Å². The molecule has 1 amide bonds. The molecule has 0 aliphatic carbocycles. The lowest BCUT2D eigenvalue weighted by molar-refractivity contribution is -0.132. The Morgan fingerprint density at radius 2 is 1.79 bits per heavy atom. The minimum atomic E-state index is -0.856. The Labute approximate surface area is 190 Å². The Morgan fingerprint density at radius 1 is 1.00 bits per heavy atom. The summed E-state index contributed by atoms with van der Waals surface area (Å²) in [6.07, 6.45) is 0. The second kappa shape index (κ2) is 8.35. The number of amides is 1. The van der Waals surface area contributed by atoms with Gasteiger partial charge in [0.2, 0.25) is 6.79 Å². The van der Waals surface area contributed by atoms with Crippen molar-refractivity contribution in [3.05, 3.63) is 89.5 Å². The van der Waals surface area contributed by atoms with Crippen LogP contribution in [0.1, 0.15) is 24.1 Å². The topological polar surface area (TPSA) is 85.3 Å². The Morgan fingerprint density at radius 3 is 2.58 bits per heavy atom. The van der Waals surface area contributed by atoms with Gasteiger partial charge in [0.25, 0.3) is 11.7 Å². The monoisotopic (exact) mass is 443 g/mol. The molecule has 1 N–H and O–H groups in total. The van der Waals surface area contributed by atoms with E-state index in [4.69, 9.17) is 14.2 Å². The number of hydrogen-bond acceptors (Lipinski definition) is 6. The van der Waals surface area contributed by atoms with Gasteiger partial charge in [-0.3, -0.25) is 14.5 Å². The summed E-state index contributed by atoms with van der Waals surface area (Å²) in [4.78, 5) is 27.9. The van der Waals surface area contributed by atoms with Crippen LogP contribution in [0.15, 0.2) is 78.4 Å². The first-order valence-electron chi connectivity index (χ1n) is 10.6. The van der Waals surface area contributed by atoms with Crippen LogP contribution in [0.3, 0.4) is 0 Å².